The first-order chi connectivity index (χ1) is 18.5. The number of nitrogens with two attached hydrogens (primary N) is 1. The first-order valence-corrected chi connectivity index (χ1v) is 16.0. The zero-order valence-electron chi connectivity index (χ0n) is 22.7. The Kier molecular flexibility index (Phi) is 7.78. The van der Waals surface area contributed by atoms with Gasteiger partial charge in [0, 0.05) is 48.4 Å². The highest BCUT2D eigenvalue weighted by molar-refractivity contribution is 8.00. The summed E-state index contributed by atoms with van der Waals surface area (Å²) in [5.41, 5.74) is 7.67. The van der Waals surface area contributed by atoms with Gasteiger partial charge in [0.25, 0.3) is 5.91 Å². The molecule has 0 spiro atoms. The van der Waals surface area contributed by atoms with Crippen LogP contribution in [0, 0.1) is 5.92 Å². The molecule has 2 aliphatic carbocycles. The molecule has 208 valence electrons. The predicted molar refractivity (Wildman–Crippen MR) is 151 cm³/mol. The highest BCUT2D eigenvalue weighted by atomic mass is 32.2. The van der Waals surface area contributed by atoms with Crippen molar-refractivity contribution in [3.8, 4) is 0 Å². The topological polar surface area (TPSA) is 87.9 Å². The standard InChI is InChI=1S/C30H44N4O3S/c31-29(19-37-20-29)28(36)34-16-14-33(15-17-34)27(35)23-10-8-22(9-11-23)24-12-13-26-30(18-24,32-21-38-26)25-6-4-2-1-3-5-7-25/h8-11,24-26,32H,1-7,12-21,31H2. The molecule has 0 radical (unpaired) electrons. The van der Waals surface area contributed by atoms with E-state index in [4.69, 9.17) is 10.5 Å². The van der Waals surface area contributed by atoms with Crippen LogP contribution in [0.25, 0.3) is 0 Å². The second-order valence-electron chi connectivity index (χ2n) is 12.4. The van der Waals surface area contributed by atoms with Crippen LogP contribution < -0.4 is 11.1 Å². The second-order valence-corrected chi connectivity index (χ2v) is 13.6. The van der Waals surface area contributed by atoms with E-state index in [9.17, 15) is 9.59 Å². The lowest BCUT2D eigenvalue weighted by molar-refractivity contribution is -0.155. The Balaban J connectivity index is 1.08. The lowest BCUT2D eigenvalue weighted by Gasteiger charge is -2.48. The van der Waals surface area contributed by atoms with Crippen molar-refractivity contribution in [2.75, 3.05) is 45.3 Å². The fourth-order valence-corrected chi connectivity index (χ4v) is 9.25. The monoisotopic (exact) mass is 540 g/mol. The van der Waals surface area contributed by atoms with Gasteiger partial charge in [-0.3, -0.25) is 9.59 Å². The average molecular weight is 541 g/mol. The van der Waals surface area contributed by atoms with Gasteiger partial charge in [-0.15, -0.1) is 11.8 Å². The Morgan fingerprint density at radius 2 is 1.55 bits per heavy atom. The summed E-state index contributed by atoms with van der Waals surface area (Å²) in [5, 5.41) is 4.80. The van der Waals surface area contributed by atoms with Crippen molar-refractivity contribution >= 4 is 23.6 Å². The number of ether oxygens (including phenoxy) is 1. The van der Waals surface area contributed by atoms with Crippen LogP contribution in [0.1, 0.15) is 86.0 Å². The number of piperazine rings is 1. The zero-order chi connectivity index (χ0) is 26.2. The summed E-state index contributed by atoms with van der Waals surface area (Å²) in [6.45, 7) is 2.71. The molecule has 0 bridgehead atoms. The molecule has 2 saturated carbocycles. The van der Waals surface area contributed by atoms with Crippen LogP contribution in [0.2, 0.25) is 0 Å². The molecule has 1 aromatic rings. The zero-order valence-corrected chi connectivity index (χ0v) is 23.5. The van der Waals surface area contributed by atoms with Crippen molar-refractivity contribution in [1.29, 1.82) is 0 Å². The van der Waals surface area contributed by atoms with Crippen molar-refractivity contribution in [1.82, 2.24) is 15.1 Å². The Bertz CT molecular complexity index is 999. The van der Waals surface area contributed by atoms with Gasteiger partial charge in [0.05, 0.1) is 13.2 Å². The van der Waals surface area contributed by atoms with Crippen LogP contribution in [-0.2, 0) is 9.53 Å². The number of benzene rings is 1. The number of nitrogens with zero attached hydrogens (tertiary/aromatic N) is 2. The van der Waals surface area contributed by atoms with E-state index >= 15 is 0 Å². The van der Waals surface area contributed by atoms with Gasteiger partial charge in [0.1, 0.15) is 5.54 Å². The van der Waals surface area contributed by atoms with Crippen LogP contribution in [0.3, 0.4) is 0 Å². The van der Waals surface area contributed by atoms with E-state index in [0.29, 0.717) is 32.1 Å². The fourth-order valence-electron chi connectivity index (χ4n) is 7.73. The molecule has 8 heteroatoms. The first kappa shape index (κ1) is 26.6. The van der Waals surface area contributed by atoms with E-state index in [2.05, 4.69) is 29.2 Å². The number of hydrogen-bond acceptors (Lipinski definition) is 6. The number of nitrogens with one attached hydrogen (secondary N) is 1. The lowest BCUT2D eigenvalue weighted by atomic mass is 9.64. The van der Waals surface area contributed by atoms with E-state index in [-0.39, 0.29) is 30.6 Å². The van der Waals surface area contributed by atoms with E-state index in [1.54, 1.807) is 4.90 Å². The third-order valence-electron chi connectivity index (χ3n) is 10.1. The lowest BCUT2D eigenvalue weighted by Crippen LogP contribution is -2.68. The van der Waals surface area contributed by atoms with Crippen LogP contribution in [0.4, 0.5) is 0 Å². The van der Waals surface area contributed by atoms with Crippen molar-refractivity contribution in [2.24, 2.45) is 11.7 Å². The number of carbonyl (C=O) groups excluding carboxylic acids is 2. The maximum atomic E-state index is 13.3. The normalized spacial score (nSPS) is 32.1. The fraction of sp³-hybridized carbons (Fsp3) is 0.733. The molecule has 3 saturated heterocycles. The first-order valence-electron chi connectivity index (χ1n) is 14.9. The minimum absolute atomic E-state index is 0.0535. The van der Waals surface area contributed by atoms with E-state index in [1.807, 2.05) is 17.0 Å². The van der Waals surface area contributed by atoms with Crippen molar-refractivity contribution in [2.45, 2.75) is 86.5 Å². The van der Waals surface area contributed by atoms with Gasteiger partial charge in [-0.1, -0.05) is 44.2 Å². The molecule has 3 N–H and O–H groups in total. The van der Waals surface area contributed by atoms with Gasteiger partial charge in [-0.05, 0) is 61.6 Å². The van der Waals surface area contributed by atoms with Crippen LogP contribution in [0.5, 0.6) is 0 Å². The maximum absolute atomic E-state index is 13.3. The number of thioether (sulfide) groups is 1. The Hall–Kier alpha value is -1.61. The Morgan fingerprint density at radius 3 is 2.21 bits per heavy atom. The van der Waals surface area contributed by atoms with Crippen molar-refractivity contribution < 1.29 is 14.3 Å². The molecule has 5 aliphatic rings. The van der Waals surface area contributed by atoms with Gasteiger partial charge < -0.3 is 25.6 Å². The molecule has 38 heavy (non-hydrogen) atoms. The highest BCUT2D eigenvalue weighted by Crippen LogP contribution is 2.52. The van der Waals surface area contributed by atoms with Gasteiger partial charge in [0.15, 0.2) is 0 Å². The molecule has 6 rings (SSSR count). The average Bonchev–Trinajstić information content (AvgIpc) is 3.35. The summed E-state index contributed by atoms with van der Waals surface area (Å²) in [7, 11) is 0. The Labute approximate surface area is 231 Å². The maximum Gasteiger partial charge on any atom is 0.253 e. The Morgan fingerprint density at radius 1 is 0.895 bits per heavy atom. The van der Waals surface area contributed by atoms with E-state index < -0.39 is 5.54 Å². The third-order valence-corrected chi connectivity index (χ3v) is 11.5. The second kappa shape index (κ2) is 11.1. The molecule has 3 unspecified atom stereocenters. The van der Waals surface area contributed by atoms with Gasteiger partial charge in [0.2, 0.25) is 5.91 Å². The summed E-state index contributed by atoms with van der Waals surface area (Å²) < 4.78 is 5.15. The summed E-state index contributed by atoms with van der Waals surface area (Å²) in [6, 6.07) is 8.48. The smallest absolute Gasteiger partial charge is 0.253 e. The van der Waals surface area contributed by atoms with Crippen LogP contribution in [-0.4, -0.2) is 83.2 Å². The number of amides is 2. The van der Waals surface area contributed by atoms with Gasteiger partial charge >= 0.3 is 0 Å². The number of hydrogen-bond donors (Lipinski definition) is 2. The van der Waals surface area contributed by atoms with Gasteiger partial charge in [-0.2, -0.15) is 0 Å². The van der Waals surface area contributed by atoms with Crippen LogP contribution in [0.15, 0.2) is 24.3 Å². The molecular formula is C30H44N4O3S. The van der Waals surface area contributed by atoms with Crippen LogP contribution >= 0.6 is 11.8 Å². The SMILES string of the molecule is NC1(C(=O)N2CCN(C(=O)c3ccc(C4CCC5SCNC5(C5CCCCCCC5)C4)cc3)CC2)COC1. The molecule has 2 amide bonds. The minimum atomic E-state index is -0.873. The number of fused-ring (bicyclic) bond motifs is 1. The minimum Gasteiger partial charge on any atom is -0.376 e. The highest BCUT2D eigenvalue weighted by Gasteiger charge is 2.52. The molecule has 7 nitrogen and oxygen atoms in total. The summed E-state index contributed by atoms with van der Waals surface area (Å²) in [6.07, 6.45) is 13.5. The molecule has 1 aromatic carbocycles. The van der Waals surface area contributed by atoms with E-state index in [1.165, 1.54) is 69.8 Å². The predicted octanol–water partition coefficient (Wildman–Crippen LogP) is 3.73. The van der Waals surface area contributed by atoms with Crippen molar-refractivity contribution in [3.63, 3.8) is 0 Å². The largest absolute Gasteiger partial charge is 0.376 e. The molecule has 5 fully saturated rings. The number of rotatable bonds is 4. The quantitative estimate of drug-likeness (QED) is 0.605. The summed E-state index contributed by atoms with van der Waals surface area (Å²) in [4.78, 5) is 29.6. The summed E-state index contributed by atoms with van der Waals surface area (Å²) >= 11 is 2.16. The molecule has 0 aromatic heterocycles. The van der Waals surface area contributed by atoms with Gasteiger partial charge in [-0.25, -0.2) is 0 Å². The number of carbonyl (C=O) groups is 2. The molecule has 3 atom stereocenters. The molecular weight excluding hydrogens is 496 g/mol. The van der Waals surface area contributed by atoms with E-state index in [0.717, 1.165) is 22.6 Å². The molecule has 3 heterocycles. The third kappa shape index (κ3) is 5.02. The summed E-state index contributed by atoms with van der Waals surface area (Å²) in [5.74, 6) is 2.45. The van der Waals surface area contributed by atoms with Crippen molar-refractivity contribution in [3.05, 3.63) is 35.4 Å². The molecule has 3 aliphatic heterocycles.